The van der Waals surface area contributed by atoms with Crippen LogP contribution in [0.15, 0.2) is 37.1 Å². The molecule has 1 unspecified atom stereocenters. The Hall–Kier alpha value is -2.21. The van der Waals surface area contributed by atoms with Gasteiger partial charge in [-0.15, -0.1) is 0 Å². The van der Waals surface area contributed by atoms with Crippen molar-refractivity contribution in [2.45, 2.75) is 18.9 Å². The SMILES string of the molecule is CNCC1CCCN1C(=O)c1ccc(-n2ccnc2)nc1. The third kappa shape index (κ3) is 2.80. The first-order valence-corrected chi connectivity index (χ1v) is 7.19. The van der Waals surface area contributed by atoms with E-state index in [4.69, 9.17) is 0 Å². The van der Waals surface area contributed by atoms with Crippen molar-refractivity contribution in [2.75, 3.05) is 20.1 Å². The molecule has 0 bridgehead atoms. The van der Waals surface area contributed by atoms with E-state index in [1.54, 1.807) is 18.7 Å². The Kier molecular flexibility index (Phi) is 3.96. The molecule has 1 amide bonds. The molecule has 110 valence electrons. The van der Waals surface area contributed by atoms with Gasteiger partial charge in [-0.1, -0.05) is 0 Å². The number of nitrogens with one attached hydrogen (secondary N) is 1. The molecule has 0 saturated carbocycles. The Morgan fingerprint density at radius 2 is 2.38 bits per heavy atom. The molecule has 6 heteroatoms. The summed E-state index contributed by atoms with van der Waals surface area (Å²) < 4.78 is 1.81. The van der Waals surface area contributed by atoms with Crippen molar-refractivity contribution in [3.8, 4) is 5.82 Å². The van der Waals surface area contributed by atoms with Gasteiger partial charge in [0.1, 0.15) is 12.1 Å². The lowest BCUT2D eigenvalue weighted by atomic mass is 10.2. The number of aromatic nitrogens is 3. The Bertz CT molecular complexity index is 593. The summed E-state index contributed by atoms with van der Waals surface area (Å²) >= 11 is 0. The number of imidazole rings is 1. The maximum absolute atomic E-state index is 12.6. The van der Waals surface area contributed by atoms with Crippen LogP contribution in [-0.4, -0.2) is 51.5 Å². The van der Waals surface area contributed by atoms with E-state index in [2.05, 4.69) is 15.3 Å². The van der Waals surface area contributed by atoms with Crippen molar-refractivity contribution in [3.63, 3.8) is 0 Å². The van der Waals surface area contributed by atoms with Crippen LogP contribution in [0.3, 0.4) is 0 Å². The van der Waals surface area contributed by atoms with Gasteiger partial charge < -0.3 is 10.2 Å². The van der Waals surface area contributed by atoms with E-state index in [9.17, 15) is 4.79 Å². The summed E-state index contributed by atoms with van der Waals surface area (Å²) in [6.07, 6.45) is 8.99. The number of amides is 1. The lowest BCUT2D eigenvalue weighted by molar-refractivity contribution is 0.0736. The molecule has 0 spiro atoms. The van der Waals surface area contributed by atoms with Gasteiger partial charge in [0.15, 0.2) is 0 Å². The van der Waals surface area contributed by atoms with Gasteiger partial charge in [-0.25, -0.2) is 9.97 Å². The fourth-order valence-corrected chi connectivity index (χ4v) is 2.78. The molecule has 3 heterocycles. The van der Waals surface area contributed by atoms with Gasteiger partial charge in [0.05, 0.1) is 5.56 Å². The monoisotopic (exact) mass is 285 g/mol. The highest BCUT2D eigenvalue weighted by molar-refractivity contribution is 5.94. The maximum atomic E-state index is 12.6. The highest BCUT2D eigenvalue weighted by Crippen LogP contribution is 2.19. The van der Waals surface area contributed by atoms with Crippen LogP contribution in [0.2, 0.25) is 0 Å². The van der Waals surface area contributed by atoms with E-state index in [0.29, 0.717) is 5.56 Å². The first kappa shape index (κ1) is 13.8. The molecular weight excluding hydrogens is 266 g/mol. The zero-order valence-electron chi connectivity index (χ0n) is 12.1. The smallest absolute Gasteiger partial charge is 0.255 e. The molecule has 0 aromatic carbocycles. The highest BCUT2D eigenvalue weighted by Gasteiger charge is 2.28. The third-order valence-corrected chi connectivity index (χ3v) is 3.84. The zero-order chi connectivity index (χ0) is 14.7. The molecule has 1 aliphatic heterocycles. The molecule has 1 fully saturated rings. The number of nitrogens with zero attached hydrogens (tertiary/aromatic N) is 4. The Labute approximate surface area is 123 Å². The lowest BCUT2D eigenvalue weighted by Gasteiger charge is -2.24. The maximum Gasteiger partial charge on any atom is 0.255 e. The van der Waals surface area contributed by atoms with E-state index in [0.717, 1.165) is 31.7 Å². The summed E-state index contributed by atoms with van der Waals surface area (Å²) in [5, 5.41) is 3.15. The molecule has 2 aromatic rings. The zero-order valence-corrected chi connectivity index (χ0v) is 12.1. The lowest BCUT2D eigenvalue weighted by Crippen LogP contribution is -2.40. The fourth-order valence-electron chi connectivity index (χ4n) is 2.78. The second-order valence-electron chi connectivity index (χ2n) is 5.23. The van der Waals surface area contributed by atoms with Crippen LogP contribution in [0, 0.1) is 0 Å². The summed E-state index contributed by atoms with van der Waals surface area (Å²) in [5.74, 6) is 0.828. The van der Waals surface area contributed by atoms with Crippen LogP contribution in [0.1, 0.15) is 23.2 Å². The minimum atomic E-state index is 0.0671. The fraction of sp³-hybridized carbons (Fsp3) is 0.400. The van der Waals surface area contributed by atoms with Crippen LogP contribution in [-0.2, 0) is 0 Å². The van der Waals surface area contributed by atoms with Gasteiger partial charge in [0.2, 0.25) is 0 Å². The number of carbonyl (C=O) groups excluding carboxylic acids is 1. The molecule has 1 saturated heterocycles. The Balaban J connectivity index is 1.76. The number of hydrogen-bond acceptors (Lipinski definition) is 4. The van der Waals surface area contributed by atoms with Crippen molar-refractivity contribution >= 4 is 5.91 Å². The van der Waals surface area contributed by atoms with Crippen LogP contribution in [0.4, 0.5) is 0 Å². The first-order chi connectivity index (χ1) is 10.3. The van der Waals surface area contributed by atoms with Gasteiger partial charge in [-0.3, -0.25) is 9.36 Å². The van der Waals surface area contributed by atoms with Crippen molar-refractivity contribution < 1.29 is 4.79 Å². The predicted molar refractivity (Wildman–Crippen MR) is 79.3 cm³/mol. The van der Waals surface area contributed by atoms with E-state index in [-0.39, 0.29) is 11.9 Å². The second-order valence-corrected chi connectivity index (χ2v) is 5.23. The van der Waals surface area contributed by atoms with Crippen LogP contribution in [0.5, 0.6) is 0 Å². The molecule has 6 nitrogen and oxygen atoms in total. The molecule has 1 aliphatic rings. The molecule has 2 aromatic heterocycles. The first-order valence-electron chi connectivity index (χ1n) is 7.19. The van der Waals surface area contributed by atoms with Gasteiger partial charge in [-0.2, -0.15) is 0 Å². The summed E-state index contributed by atoms with van der Waals surface area (Å²) in [5.41, 5.74) is 0.641. The Morgan fingerprint density at radius 3 is 3.05 bits per heavy atom. The largest absolute Gasteiger partial charge is 0.334 e. The van der Waals surface area contributed by atoms with E-state index < -0.39 is 0 Å². The van der Waals surface area contributed by atoms with E-state index >= 15 is 0 Å². The minimum Gasteiger partial charge on any atom is -0.334 e. The highest BCUT2D eigenvalue weighted by atomic mass is 16.2. The average Bonchev–Trinajstić information content (AvgIpc) is 3.19. The number of carbonyl (C=O) groups is 1. The molecule has 0 aliphatic carbocycles. The molecule has 21 heavy (non-hydrogen) atoms. The molecule has 1 N–H and O–H groups in total. The van der Waals surface area contributed by atoms with Gasteiger partial charge in [-0.05, 0) is 32.0 Å². The topological polar surface area (TPSA) is 63.1 Å². The minimum absolute atomic E-state index is 0.0671. The summed E-state index contributed by atoms with van der Waals surface area (Å²) in [6, 6.07) is 3.97. The molecule has 1 atom stereocenters. The number of hydrogen-bond donors (Lipinski definition) is 1. The van der Waals surface area contributed by atoms with E-state index in [1.165, 1.54) is 0 Å². The second kappa shape index (κ2) is 6.05. The van der Waals surface area contributed by atoms with Crippen LogP contribution >= 0.6 is 0 Å². The molecular formula is C15H19N5O. The number of rotatable bonds is 4. The number of pyridine rings is 1. The average molecular weight is 285 g/mol. The third-order valence-electron chi connectivity index (χ3n) is 3.84. The van der Waals surface area contributed by atoms with Crippen LogP contribution in [0.25, 0.3) is 5.82 Å². The molecule has 0 radical (unpaired) electrons. The van der Waals surface area contributed by atoms with Crippen molar-refractivity contribution in [1.82, 2.24) is 24.8 Å². The predicted octanol–water partition coefficient (Wildman–Crippen LogP) is 1.09. The van der Waals surface area contributed by atoms with Crippen molar-refractivity contribution in [2.24, 2.45) is 0 Å². The number of likely N-dealkylation sites (tertiary alicyclic amines) is 1. The number of likely N-dealkylation sites (N-methyl/N-ethyl adjacent to an activating group) is 1. The van der Waals surface area contributed by atoms with Crippen molar-refractivity contribution in [3.05, 3.63) is 42.6 Å². The normalized spacial score (nSPS) is 18.1. The Morgan fingerprint density at radius 1 is 1.48 bits per heavy atom. The molecule has 3 rings (SSSR count). The van der Waals surface area contributed by atoms with Gasteiger partial charge >= 0.3 is 0 Å². The van der Waals surface area contributed by atoms with Gasteiger partial charge in [0, 0.05) is 37.7 Å². The van der Waals surface area contributed by atoms with Crippen LogP contribution < -0.4 is 5.32 Å². The summed E-state index contributed by atoms with van der Waals surface area (Å²) in [7, 11) is 1.92. The standard InChI is InChI=1S/C15H19N5O/c1-16-10-13-3-2-7-20(13)15(21)12-4-5-14(18-9-12)19-8-6-17-11-19/h4-6,8-9,11,13,16H,2-3,7,10H2,1H3. The van der Waals surface area contributed by atoms with Crippen molar-refractivity contribution in [1.29, 1.82) is 0 Å². The summed E-state index contributed by atoms with van der Waals surface area (Å²) in [4.78, 5) is 22.9. The summed E-state index contributed by atoms with van der Waals surface area (Å²) in [6.45, 7) is 1.67. The quantitative estimate of drug-likeness (QED) is 0.913. The van der Waals surface area contributed by atoms with E-state index in [1.807, 2.05) is 34.8 Å². The van der Waals surface area contributed by atoms with Gasteiger partial charge in [0.25, 0.3) is 5.91 Å².